The van der Waals surface area contributed by atoms with Gasteiger partial charge in [0, 0.05) is 29.6 Å². The molecule has 0 heterocycles. The highest BCUT2D eigenvalue weighted by Gasteiger charge is 2.58. The first-order valence-corrected chi connectivity index (χ1v) is 6.33. The summed E-state index contributed by atoms with van der Waals surface area (Å²) in [5.74, 6) is -0.475. The second kappa shape index (κ2) is 3.39. The van der Waals surface area contributed by atoms with E-state index >= 15 is 0 Å². The van der Waals surface area contributed by atoms with E-state index in [1.54, 1.807) is 0 Å². The van der Waals surface area contributed by atoms with Gasteiger partial charge < -0.3 is 0 Å². The van der Waals surface area contributed by atoms with Gasteiger partial charge >= 0.3 is 0 Å². The molecule has 0 aromatic carbocycles. The van der Waals surface area contributed by atoms with Gasteiger partial charge in [0.15, 0.2) is 5.78 Å². The van der Waals surface area contributed by atoms with Gasteiger partial charge in [0.25, 0.3) is 0 Å². The Balaban J connectivity index is 1.99. The summed E-state index contributed by atoms with van der Waals surface area (Å²) in [7, 11) is 0. The van der Waals surface area contributed by atoms with Crippen molar-refractivity contribution < 1.29 is 14.4 Å². The Bertz CT molecular complexity index is 362. The number of hydrogen-bond acceptors (Lipinski definition) is 3. The number of carbonyl (C=O) groups is 3. The number of alkyl halides is 1. The fourth-order valence-corrected chi connectivity index (χ4v) is 4.09. The number of hydrogen-bond donors (Lipinski definition) is 0. The van der Waals surface area contributed by atoms with E-state index < -0.39 is 5.92 Å². The van der Waals surface area contributed by atoms with Crippen LogP contribution in [0.3, 0.4) is 0 Å². The molecule has 0 aromatic rings. The summed E-state index contributed by atoms with van der Waals surface area (Å²) in [6.07, 6.45) is 1.92. The van der Waals surface area contributed by atoms with Crippen molar-refractivity contribution in [2.75, 3.05) is 5.88 Å². The van der Waals surface area contributed by atoms with Crippen molar-refractivity contribution in [3.8, 4) is 0 Å². The topological polar surface area (TPSA) is 51.2 Å². The first-order chi connectivity index (χ1) is 7.63. The molecule has 4 aliphatic rings. The molecule has 4 fully saturated rings. The molecule has 0 radical (unpaired) electrons. The van der Waals surface area contributed by atoms with Crippen LogP contribution in [0.5, 0.6) is 0 Å². The minimum absolute atomic E-state index is 0.0471. The van der Waals surface area contributed by atoms with Gasteiger partial charge in [-0.1, -0.05) is 0 Å². The minimum Gasteiger partial charge on any atom is -0.299 e. The minimum atomic E-state index is -0.398. The summed E-state index contributed by atoms with van der Waals surface area (Å²) in [6, 6.07) is 0. The summed E-state index contributed by atoms with van der Waals surface area (Å²) in [5, 5.41) is 0. The third-order valence-electron chi connectivity index (χ3n) is 4.55. The Kier molecular flexibility index (Phi) is 2.22. The largest absolute Gasteiger partial charge is 0.299 e. The third-order valence-corrected chi connectivity index (χ3v) is 4.82. The number of Topliss-reactive ketones (excluding diaryl/α,β-unsaturated/α-hetero) is 3. The molecule has 4 bridgehead atoms. The third kappa shape index (κ3) is 1.18. The van der Waals surface area contributed by atoms with E-state index in [-0.39, 0.29) is 46.9 Å². The molecule has 4 aliphatic carbocycles. The highest BCUT2D eigenvalue weighted by Crippen LogP contribution is 2.53. The maximum absolute atomic E-state index is 12.0. The molecule has 86 valence electrons. The van der Waals surface area contributed by atoms with Crippen molar-refractivity contribution in [2.24, 2.45) is 29.6 Å². The fourth-order valence-electron chi connectivity index (χ4n) is 3.92. The average Bonchev–Trinajstić information content (AvgIpc) is 2.27. The summed E-state index contributed by atoms with van der Waals surface area (Å²) < 4.78 is 0. The molecule has 0 aliphatic heterocycles. The Morgan fingerprint density at radius 3 is 2.00 bits per heavy atom. The number of rotatable bonds is 2. The lowest BCUT2D eigenvalue weighted by molar-refractivity contribution is -0.161. The van der Waals surface area contributed by atoms with Crippen LogP contribution in [0.1, 0.15) is 19.3 Å². The SMILES string of the molecule is O=C1C2CC3CC1C(C(=O)CCl)C(C2)C3=O. The van der Waals surface area contributed by atoms with E-state index in [2.05, 4.69) is 0 Å². The van der Waals surface area contributed by atoms with E-state index in [4.69, 9.17) is 11.6 Å². The van der Waals surface area contributed by atoms with Crippen LogP contribution < -0.4 is 0 Å². The lowest BCUT2D eigenvalue weighted by atomic mass is 9.50. The van der Waals surface area contributed by atoms with Gasteiger partial charge in [0.05, 0.1) is 5.88 Å². The van der Waals surface area contributed by atoms with E-state index in [9.17, 15) is 14.4 Å². The predicted octanol–water partition coefficient (Wildman–Crippen LogP) is 1.22. The summed E-state index contributed by atoms with van der Waals surface area (Å²) in [5.41, 5.74) is 0. The zero-order valence-corrected chi connectivity index (χ0v) is 9.57. The molecule has 0 saturated heterocycles. The number of ketones is 3. The van der Waals surface area contributed by atoms with Crippen LogP contribution in [0.2, 0.25) is 0 Å². The first-order valence-electron chi connectivity index (χ1n) is 5.79. The van der Waals surface area contributed by atoms with E-state index in [0.29, 0.717) is 12.8 Å². The van der Waals surface area contributed by atoms with E-state index in [1.165, 1.54) is 0 Å². The Morgan fingerprint density at radius 1 is 1.06 bits per heavy atom. The summed E-state index contributed by atoms with van der Waals surface area (Å²) >= 11 is 5.57. The summed E-state index contributed by atoms with van der Waals surface area (Å²) in [6.45, 7) is 0. The van der Waals surface area contributed by atoms with Gasteiger partial charge in [-0.15, -0.1) is 11.6 Å². The molecule has 0 spiro atoms. The van der Waals surface area contributed by atoms with Crippen LogP contribution in [-0.2, 0) is 14.4 Å². The number of carbonyl (C=O) groups excluding carboxylic acids is 3. The lowest BCUT2D eigenvalue weighted by Gasteiger charge is -2.51. The molecule has 0 N–H and O–H groups in total. The zero-order chi connectivity index (χ0) is 11.4. The highest BCUT2D eigenvalue weighted by atomic mass is 35.5. The molecule has 4 unspecified atom stereocenters. The molecule has 16 heavy (non-hydrogen) atoms. The second-order valence-corrected chi connectivity index (χ2v) is 5.51. The normalized spacial score (nSPS) is 45.2. The molecule has 4 saturated carbocycles. The molecule has 0 aromatic heterocycles. The monoisotopic (exact) mass is 240 g/mol. The Hall–Kier alpha value is -0.700. The van der Waals surface area contributed by atoms with Gasteiger partial charge in [-0.3, -0.25) is 14.4 Å². The van der Waals surface area contributed by atoms with Crippen LogP contribution in [-0.4, -0.2) is 23.2 Å². The average molecular weight is 241 g/mol. The van der Waals surface area contributed by atoms with E-state index in [1.807, 2.05) is 0 Å². The van der Waals surface area contributed by atoms with Gasteiger partial charge in [-0.2, -0.15) is 0 Å². The van der Waals surface area contributed by atoms with Crippen molar-refractivity contribution in [1.29, 1.82) is 0 Å². The van der Waals surface area contributed by atoms with Gasteiger partial charge in [0.1, 0.15) is 11.6 Å². The van der Waals surface area contributed by atoms with Crippen molar-refractivity contribution >= 4 is 29.0 Å². The quantitative estimate of drug-likeness (QED) is 0.682. The van der Waals surface area contributed by atoms with Crippen LogP contribution in [0.25, 0.3) is 0 Å². The molecular formula is C12H13ClO3. The standard InChI is InChI=1S/C12H13ClO3/c13-4-9(14)10-7-2-5-1-6(12(7)16)3-8(10)11(5)15/h5-8,10H,1-4H2. The van der Waals surface area contributed by atoms with E-state index in [0.717, 1.165) is 6.42 Å². The smallest absolute Gasteiger partial charge is 0.152 e. The molecule has 4 heteroatoms. The molecule has 4 rings (SSSR count). The van der Waals surface area contributed by atoms with Gasteiger partial charge in [-0.05, 0) is 19.3 Å². The zero-order valence-electron chi connectivity index (χ0n) is 8.82. The Labute approximate surface area is 98.5 Å². The van der Waals surface area contributed by atoms with Crippen molar-refractivity contribution in [3.05, 3.63) is 0 Å². The fraction of sp³-hybridized carbons (Fsp3) is 0.750. The summed E-state index contributed by atoms with van der Waals surface area (Å²) in [4.78, 5) is 35.8. The molecule has 0 amide bonds. The molecular weight excluding hydrogens is 228 g/mol. The first kappa shape index (κ1) is 10.5. The van der Waals surface area contributed by atoms with Crippen LogP contribution in [0.15, 0.2) is 0 Å². The Morgan fingerprint density at radius 2 is 1.56 bits per heavy atom. The van der Waals surface area contributed by atoms with Crippen molar-refractivity contribution in [2.45, 2.75) is 19.3 Å². The molecule has 4 atom stereocenters. The van der Waals surface area contributed by atoms with Crippen molar-refractivity contribution in [3.63, 3.8) is 0 Å². The highest BCUT2D eigenvalue weighted by molar-refractivity contribution is 6.28. The van der Waals surface area contributed by atoms with Crippen molar-refractivity contribution in [1.82, 2.24) is 0 Å². The van der Waals surface area contributed by atoms with Crippen LogP contribution >= 0.6 is 11.6 Å². The molecule has 3 nitrogen and oxygen atoms in total. The lowest BCUT2D eigenvalue weighted by Crippen LogP contribution is -2.58. The van der Waals surface area contributed by atoms with Crippen LogP contribution in [0.4, 0.5) is 0 Å². The maximum atomic E-state index is 12.0. The second-order valence-electron chi connectivity index (χ2n) is 5.24. The van der Waals surface area contributed by atoms with Gasteiger partial charge in [0.2, 0.25) is 0 Å². The predicted molar refractivity (Wildman–Crippen MR) is 57.0 cm³/mol. The maximum Gasteiger partial charge on any atom is 0.152 e. The number of halogens is 1. The van der Waals surface area contributed by atoms with Crippen LogP contribution in [0, 0.1) is 29.6 Å². The van der Waals surface area contributed by atoms with Gasteiger partial charge in [-0.25, -0.2) is 0 Å².